The summed E-state index contributed by atoms with van der Waals surface area (Å²) in [6, 6.07) is 19.4. The molecule has 0 saturated heterocycles. The Hall–Kier alpha value is -1.40. The molecule has 104 valence electrons. The lowest BCUT2D eigenvalue weighted by Gasteiger charge is -2.11. The molecular formula is C17H11BrINO. The number of rotatable bonds is 2. The van der Waals surface area contributed by atoms with E-state index in [1.807, 2.05) is 60.7 Å². The minimum atomic E-state index is -0.0903. The summed E-state index contributed by atoms with van der Waals surface area (Å²) in [7, 11) is 0. The predicted molar refractivity (Wildman–Crippen MR) is 98.8 cm³/mol. The van der Waals surface area contributed by atoms with E-state index in [9.17, 15) is 4.79 Å². The first-order chi connectivity index (χ1) is 10.2. The summed E-state index contributed by atoms with van der Waals surface area (Å²) in [6.07, 6.45) is 0. The molecule has 0 aliphatic carbocycles. The topological polar surface area (TPSA) is 29.1 Å². The van der Waals surface area contributed by atoms with Gasteiger partial charge < -0.3 is 5.32 Å². The molecule has 0 atom stereocenters. The second kappa shape index (κ2) is 6.15. The van der Waals surface area contributed by atoms with Gasteiger partial charge in [0.25, 0.3) is 5.91 Å². The summed E-state index contributed by atoms with van der Waals surface area (Å²) < 4.78 is 1.96. The number of carbonyl (C=O) groups excluding carboxylic acids is 1. The normalized spacial score (nSPS) is 10.6. The molecule has 4 heteroatoms. The van der Waals surface area contributed by atoms with E-state index in [1.165, 1.54) is 0 Å². The number of carbonyl (C=O) groups is 1. The molecule has 0 aliphatic rings. The van der Waals surface area contributed by atoms with E-state index in [1.54, 1.807) is 0 Å². The largest absolute Gasteiger partial charge is 0.321 e. The SMILES string of the molecule is O=C(Nc1ccc(Br)c2ccccc12)c1ccccc1I. The second-order valence-electron chi connectivity index (χ2n) is 4.57. The highest BCUT2D eigenvalue weighted by Gasteiger charge is 2.11. The van der Waals surface area contributed by atoms with Gasteiger partial charge in [0.15, 0.2) is 0 Å². The van der Waals surface area contributed by atoms with Gasteiger partial charge in [0.2, 0.25) is 0 Å². The van der Waals surface area contributed by atoms with Crippen molar-refractivity contribution < 1.29 is 4.79 Å². The van der Waals surface area contributed by atoms with Crippen LogP contribution in [-0.2, 0) is 0 Å². The molecule has 3 rings (SSSR count). The van der Waals surface area contributed by atoms with Crippen LogP contribution in [0.25, 0.3) is 10.8 Å². The van der Waals surface area contributed by atoms with E-state index >= 15 is 0 Å². The monoisotopic (exact) mass is 451 g/mol. The minimum Gasteiger partial charge on any atom is -0.321 e. The molecule has 0 spiro atoms. The molecule has 0 unspecified atom stereocenters. The fraction of sp³-hybridized carbons (Fsp3) is 0. The third kappa shape index (κ3) is 2.96. The maximum Gasteiger partial charge on any atom is 0.256 e. The maximum absolute atomic E-state index is 12.4. The van der Waals surface area contributed by atoms with Crippen LogP contribution in [0.3, 0.4) is 0 Å². The predicted octanol–water partition coefficient (Wildman–Crippen LogP) is 5.46. The van der Waals surface area contributed by atoms with Crippen LogP contribution in [0.4, 0.5) is 5.69 Å². The highest BCUT2D eigenvalue weighted by molar-refractivity contribution is 14.1. The van der Waals surface area contributed by atoms with Crippen molar-refractivity contribution in [2.75, 3.05) is 5.32 Å². The van der Waals surface area contributed by atoms with E-state index in [0.717, 1.165) is 24.5 Å². The molecular weight excluding hydrogens is 441 g/mol. The van der Waals surface area contributed by atoms with Gasteiger partial charge in [-0.25, -0.2) is 0 Å². The molecule has 1 amide bonds. The molecule has 2 nitrogen and oxygen atoms in total. The van der Waals surface area contributed by atoms with Crippen molar-refractivity contribution in [3.8, 4) is 0 Å². The number of amides is 1. The molecule has 1 N–H and O–H groups in total. The van der Waals surface area contributed by atoms with Crippen molar-refractivity contribution in [1.82, 2.24) is 0 Å². The molecule has 0 bridgehead atoms. The lowest BCUT2D eigenvalue weighted by atomic mass is 10.1. The zero-order valence-electron chi connectivity index (χ0n) is 10.9. The van der Waals surface area contributed by atoms with Crippen LogP contribution in [0.2, 0.25) is 0 Å². The summed E-state index contributed by atoms with van der Waals surface area (Å²) in [5.74, 6) is -0.0903. The van der Waals surface area contributed by atoms with Gasteiger partial charge in [0, 0.05) is 19.1 Å². The molecule has 0 aliphatic heterocycles. The highest BCUT2D eigenvalue weighted by atomic mass is 127. The van der Waals surface area contributed by atoms with Crippen molar-refractivity contribution in [1.29, 1.82) is 0 Å². The number of nitrogens with one attached hydrogen (secondary N) is 1. The first kappa shape index (κ1) is 14.5. The average molecular weight is 452 g/mol. The van der Waals surface area contributed by atoms with Gasteiger partial charge in [-0.05, 0) is 52.2 Å². The van der Waals surface area contributed by atoms with Gasteiger partial charge in [-0.1, -0.05) is 52.3 Å². The number of halogens is 2. The lowest BCUT2D eigenvalue weighted by Crippen LogP contribution is -2.13. The third-order valence-corrected chi connectivity index (χ3v) is 4.87. The van der Waals surface area contributed by atoms with Crippen LogP contribution < -0.4 is 5.32 Å². The van der Waals surface area contributed by atoms with E-state index < -0.39 is 0 Å². The number of fused-ring (bicyclic) bond motifs is 1. The lowest BCUT2D eigenvalue weighted by molar-refractivity contribution is 0.102. The van der Waals surface area contributed by atoms with E-state index in [0.29, 0.717) is 5.56 Å². The number of benzene rings is 3. The Bertz CT molecular complexity index is 832. The van der Waals surface area contributed by atoms with Crippen molar-refractivity contribution in [2.24, 2.45) is 0 Å². The smallest absolute Gasteiger partial charge is 0.256 e. The Morgan fingerprint density at radius 1 is 0.905 bits per heavy atom. The number of hydrogen-bond acceptors (Lipinski definition) is 1. The highest BCUT2D eigenvalue weighted by Crippen LogP contribution is 2.30. The van der Waals surface area contributed by atoms with Crippen LogP contribution in [0.15, 0.2) is 65.1 Å². The van der Waals surface area contributed by atoms with Crippen molar-refractivity contribution in [3.63, 3.8) is 0 Å². The van der Waals surface area contributed by atoms with Gasteiger partial charge in [-0.2, -0.15) is 0 Å². The first-order valence-corrected chi connectivity index (χ1v) is 8.27. The summed E-state index contributed by atoms with van der Waals surface area (Å²) in [5, 5.41) is 5.11. The molecule has 3 aromatic carbocycles. The van der Waals surface area contributed by atoms with E-state index in [4.69, 9.17) is 0 Å². The molecule has 3 aromatic rings. The Kier molecular flexibility index (Phi) is 4.26. The summed E-state index contributed by atoms with van der Waals surface area (Å²) in [4.78, 5) is 12.4. The summed E-state index contributed by atoms with van der Waals surface area (Å²) in [5.41, 5.74) is 1.50. The Balaban J connectivity index is 2.01. The van der Waals surface area contributed by atoms with Gasteiger partial charge >= 0.3 is 0 Å². The van der Waals surface area contributed by atoms with Crippen LogP contribution in [0.5, 0.6) is 0 Å². The fourth-order valence-corrected chi connectivity index (χ4v) is 3.32. The van der Waals surface area contributed by atoms with Gasteiger partial charge in [-0.3, -0.25) is 4.79 Å². The number of hydrogen-bond donors (Lipinski definition) is 1. The quantitative estimate of drug-likeness (QED) is 0.515. The van der Waals surface area contributed by atoms with Crippen LogP contribution in [0, 0.1) is 3.57 Å². The van der Waals surface area contributed by atoms with E-state index in [-0.39, 0.29) is 5.91 Å². The minimum absolute atomic E-state index is 0.0903. The maximum atomic E-state index is 12.4. The van der Waals surface area contributed by atoms with Crippen LogP contribution >= 0.6 is 38.5 Å². The van der Waals surface area contributed by atoms with Crippen LogP contribution in [0.1, 0.15) is 10.4 Å². The molecule has 0 fully saturated rings. The first-order valence-electron chi connectivity index (χ1n) is 6.40. The van der Waals surface area contributed by atoms with Gasteiger partial charge in [0.1, 0.15) is 0 Å². The third-order valence-electron chi connectivity index (χ3n) is 3.24. The Labute approximate surface area is 144 Å². The average Bonchev–Trinajstić information content (AvgIpc) is 2.51. The summed E-state index contributed by atoms with van der Waals surface area (Å²) in [6.45, 7) is 0. The Morgan fingerprint density at radius 2 is 1.57 bits per heavy atom. The molecule has 21 heavy (non-hydrogen) atoms. The van der Waals surface area contributed by atoms with Crippen molar-refractivity contribution >= 4 is 60.9 Å². The zero-order chi connectivity index (χ0) is 14.8. The Morgan fingerprint density at radius 3 is 2.33 bits per heavy atom. The zero-order valence-corrected chi connectivity index (χ0v) is 14.7. The van der Waals surface area contributed by atoms with Crippen molar-refractivity contribution in [3.05, 3.63) is 74.3 Å². The number of anilines is 1. The second-order valence-corrected chi connectivity index (χ2v) is 6.59. The molecule has 0 heterocycles. The molecule has 0 aromatic heterocycles. The summed E-state index contributed by atoms with van der Waals surface area (Å²) >= 11 is 5.71. The van der Waals surface area contributed by atoms with Crippen LogP contribution in [-0.4, -0.2) is 5.91 Å². The van der Waals surface area contributed by atoms with Gasteiger partial charge in [-0.15, -0.1) is 0 Å². The molecule has 0 radical (unpaired) electrons. The van der Waals surface area contributed by atoms with Gasteiger partial charge in [0.05, 0.1) is 5.56 Å². The van der Waals surface area contributed by atoms with Crippen molar-refractivity contribution in [2.45, 2.75) is 0 Å². The van der Waals surface area contributed by atoms with E-state index in [2.05, 4.69) is 43.8 Å². The standard InChI is InChI=1S/C17H11BrINO/c18-14-9-10-16(12-6-2-1-5-11(12)14)20-17(21)13-7-3-4-8-15(13)19/h1-10H,(H,20,21). The fourth-order valence-electron chi connectivity index (χ4n) is 2.21. The molecule has 0 saturated carbocycles.